The fourth-order valence-electron chi connectivity index (χ4n) is 3.28. The van der Waals surface area contributed by atoms with E-state index in [0.717, 1.165) is 6.42 Å². The third kappa shape index (κ3) is 3.38. The molecule has 0 saturated carbocycles. The quantitative estimate of drug-likeness (QED) is 0.789. The van der Waals surface area contributed by atoms with Gasteiger partial charge in [-0.3, -0.25) is 9.59 Å². The molecule has 2 amide bonds. The molecule has 2 saturated heterocycles. The fraction of sp³-hybridized carbons (Fsp3) is 0.500. The first-order chi connectivity index (χ1) is 12.4. The van der Waals surface area contributed by atoms with Crippen molar-refractivity contribution in [1.82, 2.24) is 4.90 Å². The molecular weight excluding hydrogens is 356 g/mol. The number of thioether (sulfide) groups is 1. The Morgan fingerprint density at radius 1 is 1.38 bits per heavy atom. The number of carbonyl (C=O) groups excluding carboxylic acids is 3. The maximum atomic E-state index is 12.5. The zero-order chi connectivity index (χ0) is 18.9. The van der Waals surface area contributed by atoms with E-state index < -0.39 is 24.0 Å². The lowest BCUT2D eigenvalue weighted by Gasteiger charge is -2.29. The Hall–Kier alpha value is -2.22. The summed E-state index contributed by atoms with van der Waals surface area (Å²) in [6.45, 7) is 3.48. The number of hydrogen-bond acceptors (Lipinski definition) is 6. The summed E-state index contributed by atoms with van der Waals surface area (Å²) in [5.41, 5.74) is 0.501. The Balaban J connectivity index is 1.62. The third-order valence-electron chi connectivity index (χ3n) is 4.74. The van der Waals surface area contributed by atoms with Crippen molar-refractivity contribution in [3.8, 4) is 5.75 Å². The van der Waals surface area contributed by atoms with Crippen LogP contribution in [0.2, 0.25) is 0 Å². The first-order valence-electron chi connectivity index (χ1n) is 8.46. The molecule has 140 valence electrons. The summed E-state index contributed by atoms with van der Waals surface area (Å²) >= 11 is 1.59. The number of fused-ring (bicyclic) bond motifs is 1. The summed E-state index contributed by atoms with van der Waals surface area (Å²) in [5.74, 6) is -0.0270. The number of para-hydroxylation sites is 2. The highest BCUT2D eigenvalue weighted by Crippen LogP contribution is 2.47. The van der Waals surface area contributed by atoms with Gasteiger partial charge in [-0.05, 0) is 32.4 Å². The van der Waals surface area contributed by atoms with Gasteiger partial charge in [0.15, 0.2) is 6.10 Å². The standard InChI is InChI=1S/C18H22N2O5S/c1-11(16(22)19-12-6-4-5-7-14(12)24-3)25-17(23)13-10-26-18(2)9-8-15(21)20(13)18/h4-7,11,13H,8-10H2,1-3H3,(H,19,22)/t11-,13+,18-/m0/s1. The van der Waals surface area contributed by atoms with Crippen LogP contribution in [0.25, 0.3) is 0 Å². The van der Waals surface area contributed by atoms with Gasteiger partial charge in [0.2, 0.25) is 5.91 Å². The maximum absolute atomic E-state index is 12.5. The van der Waals surface area contributed by atoms with Crippen molar-refractivity contribution >= 4 is 35.2 Å². The molecule has 8 heteroatoms. The van der Waals surface area contributed by atoms with Crippen LogP contribution in [0.1, 0.15) is 26.7 Å². The number of rotatable bonds is 5. The van der Waals surface area contributed by atoms with E-state index >= 15 is 0 Å². The first-order valence-corrected chi connectivity index (χ1v) is 9.45. The van der Waals surface area contributed by atoms with Gasteiger partial charge in [-0.25, -0.2) is 4.79 Å². The topological polar surface area (TPSA) is 84.9 Å². The van der Waals surface area contributed by atoms with E-state index in [1.54, 1.807) is 40.9 Å². The average Bonchev–Trinajstić information content (AvgIpc) is 3.11. The second-order valence-corrected chi connectivity index (χ2v) is 8.04. The van der Waals surface area contributed by atoms with Crippen molar-refractivity contribution in [2.75, 3.05) is 18.2 Å². The summed E-state index contributed by atoms with van der Waals surface area (Å²) in [6.07, 6.45) is 0.184. The number of nitrogens with zero attached hydrogens (tertiary/aromatic N) is 1. The van der Waals surface area contributed by atoms with Crippen molar-refractivity contribution in [2.45, 2.75) is 43.7 Å². The van der Waals surface area contributed by atoms with Gasteiger partial charge in [-0.1, -0.05) is 12.1 Å². The molecule has 7 nitrogen and oxygen atoms in total. The van der Waals surface area contributed by atoms with E-state index in [4.69, 9.17) is 9.47 Å². The second kappa shape index (κ2) is 7.19. The molecule has 2 fully saturated rings. The summed E-state index contributed by atoms with van der Waals surface area (Å²) in [6, 6.07) is 6.35. The van der Waals surface area contributed by atoms with Gasteiger partial charge in [0.1, 0.15) is 11.8 Å². The molecular formula is C18H22N2O5S. The van der Waals surface area contributed by atoms with Crippen LogP contribution in [0, 0.1) is 0 Å². The van der Waals surface area contributed by atoms with Crippen LogP contribution in [0.5, 0.6) is 5.75 Å². The van der Waals surface area contributed by atoms with Crippen LogP contribution in [0.4, 0.5) is 5.69 Å². The van der Waals surface area contributed by atoms with Gasteiger partial charge in [0.05, 0.1) is 17.7 Å². The highest BCUT2D eigenvalue weighted by Gasteiger charge is 2.53. The van der Waals surface area contributed by atoms with Gasteiger partial charge >= 0.3 is 5.97 Å². The van der Waals surface area contributed by atoms with E-state index in [-0.39, 0.29) is 10.8 Å². The minimum Gasteiger partial charge on any atom is -0.495 e. The molecule has 2 aliphatic rings. The van der Waals surface area contributed by atoms with Crippen molar-refractivity contribution in [3.63, 3.8) is 0 Å². The predicted molar refractivity (Wildman–Crippen MR) is 97.9 cm³/mol. The summed E-state index contributed by atoms with van der Waals surface area (Å²) in [7, 11) is 1.51. The number of amides is 2. The third-order valence-corrected chi connectivity index (χ3v) is 6.25. The van der Waals surface area contributed by atoms with Gasteiger partial charge in [0, 0.05) is 12.2 Å². The molecule has 0 bridgehead atoms. The summed E-state index contributed by atoms with van der Waals surface area (Å²) < 4.78 is 10.5. The number of benzene rings is 1. The SMILES string of the molecule is COc1ccccc1NC(=O)[C@H](C)OC(=O)[C@H]1CS[C@@]2(C)CCC(=O)N12. The van der Waals surface area contributed by atoms with Gasteiger partial charge < -0.3 is 19.7 Å². The molecule has 1 N–H and O–H groups in total. The van der Waals surface area contributed by atoms with Crippen molar-refractivity contribution in [1.29, 1.82) is 0 Å². The minimum atomic E-state index is -0.984. The lowest BCUT2D eigenvalue weighted by Crippen LogP contribution is -2.48. The Morgan fingerprint density at radius 2 is 2.12 bits per heavy atom. The number of hydrogen-bond donors (Lipinski definition) is 1. The van der Waals surface area contributed by atoms with Crippen LogP contribution in [0.15, 0.2) is 24.3 Å². The number of nitrogens with one attached hydrogen (secondary N) is 1. The number of esters is 1. The van der Waals surface area contributed by atoms with Crippen LogP contribution in [-0.2, 0) is 19.1 Å². The molecule has 0 unspecified atom stereocenters. The number of methoxy groups -OCH3 is 1. The van der Waals surface area contributed by atoms with E-state index in [2.05, 4.69) is 5.32 Å². The van der Waals surface area contributed by atoms with Gasteiger partial charge in [-0.2, -0.15) is 0 Å². The Labute approximate surface area is 156 Å². The number of anilines is 1. The molecule has 1 aromatic rings. The smallest absolute Gasteiger partial charge is 0.330 e. The van der Waals surface area contributed by atoms with Crippen LogP contribution in [0.3, 0.4) is 0 Å². The van der Waals surface area contributed by atoms with Gasteiger partial charge in [-0.15, -0.1) is 11.8 Å². The molecule has 1 aromatic carbocycles. The van der Waals surface area contributed by atoms with E-state index in [1.807, 2.05) is 6.92 Å². The Kier molecular flexibility index (Phi) is 5.13. The fourth-order valence-corrected chi connectivity index (χ4v) is 4.70. The summed E-state index contributed by atoms with van der Waals surface area (Å²) in [5, 5.41) is 2.69. The Morgan fingerprint density at radius 3 is 2.85 bits per heavy atom. The highest BCUT2D eigenvalue weighted by atomic mass is 32.2. The van der Waals surface area contributed by atoms with E-state index in [1.165, 1.54) is 14.0 Å². The number of ether oxygens (including phenoxy) is 2. The molecule has 26 heavy (non-hydrogen) atoms. The number of carbonyl (C=O) groups is 3. The normalized spacial score (nSPS) is 25.6. The van der Waals surface area contributed by atoms with Crippen LogP contribution < -0.4 is 10.1 Å². The maximum Gasteiger partial charge on any atom is 0.330 e. The molecule has 0 aromatic heterocycles. The molecule has 0 spiro atoms. The Bertz CT molecular complexity index is 740. The molecule has 0 aliphatic carbocycles. The summed E-state index contributed by atoms with van der Waals surface area (Å²) in [4.78, 5) is 38.3. The van der Waals surface area contributed by atoms with Crippen LogP contribution in [-0.4, -0.2) is 52.6 Å². The molecule has 0 radical (unpaired) electrons. The van der Waals surface area contributed by atoms with Crippen LogP contribution >= 0.6 is 11.8 Å². The molecule has 2 heterocycles. The van der Waals surface area contributed by atoms with Crippen molar-refractivity contribution < 1.29 is 23.9 Å². The first kappa shape index (κ1) is 18.6. The minimum absolute atomic E-state index is 0.0365. The largest absolute Gasteiger partial charge is 0.495 e. The monoisotopic (exact) mass is 378 g/mol. The zero-order valence-electron chi connectivity index (χ0n) is 15.0. The van der Waals surface area contributed by atoms with E-state index in [0.29, 0.717) is 23.6 Å². The average molecular weight is 378 g/mol. The van der Waals surface area contributed by atoms with Gasteiger partial charge in [0.25, 0.3) is 5.91 Å². The predicted octanol–water partition coefficient (Wildman–Crippen LogP) is 2.02. The highest BCUT2D eigenvalue weighted by molar-refractivity contribution is 8.01. The zero-order valence-corrected chi connectivity index (χ0v) is 15.8. The van der Waals surface area contributed by atoms with E-state index in [9.17, 15) is 14.4 Å². The molecule has 2 aliphatic heterocycles. The lowest BCUT2D eigenvalue weighted by molar-refractivity contribution is -0.160. The van der Waals surface area contributed by atoms with Crippen molar-refractivity contribution in [2.24, 2.45) is 0 Å². The van der Waals surface area contributed by atoms with Crippen molar-refractivity contribution in [3.05, 3.63) is 24.3 Å². The second-order valence-electron chi connectivity index (χ2n) is 6.53. The molecule has 3 atom stereocenters. The molecule has 3 rings (SSSR count). The lowest BCUT2D eigenvalue weighted by atomic mass is 10.2.